The monoisotopic (exact) mass is 247 g/mol. The summed E-state index contributed by atoms with van der Waals surface area (Å²) in [7, 11) is 0. The van der Waals surface area contributed by atoms with Gasteiger partial charge >= 0.3 is 0 Å². The number of ether oxygens (including phenoxy) is 1. The van der Waals surface area contributed by atoms with E-state index in [1.54, 1.807) is 0 Å². The third-order valence-electron chi connectivity index (χ3n) is 3.55. The Hall–Kier alpha value is -1.18. The quantitative estimate of drug-likeness (QED) is 0.848. The molecule has 1 aromatic rings. The number of hydrogen-bond donors (Lipinski definition) is 1. The van der Waals surface area contributed by atoms with E-state index in [1.165, 1.54) is 25.7 Å². The van der Waals surface area contributed by atoms with Crippen molar-refractivity contribution in [1.82, 2.24) is 0 Å². The molecule has 0 saturated heterocycles. The van der Waals surface area contributed by atoms with Crippen molar-refractivity contribution in [3.8, 4) is 5.75 Å². The van der Waals surface area contributed by atoms with Crippen molar-refractivity contribution in [1.29, 1.82) is 0 Å². The number of para-hydroxylation sites is 2. The Balaban J connectivity index is 2.03. The maximum absolute atomic E-state index is 5.85. The molecule has 1 saturated carbocycles. The highest BCUT2D eigenvalue weighted by atomic mass is 16.5. The van der Waals surface area contributed by atoms with Gasteiger partial charge in [-0.05, 0) is 44.7 Å². The maximum Gasteiger partial charge on any atom is 0.142 e. The van der Waals surface area contributed by atoms with Crippen LogP contribution in [0.4, 0.5) is 5.69 Å². The van der Waals surface area contributed by atoms with Crippen LogP contribution in [0.2, 0.25) is 0 Å². The van der Waals surface area contributed by atoms with Crippen LogP contribution in [0, 0.1) is 5.92 Å². The fraction of sp³-hybridized carbons (Fsp3) is 0.625. The van der Waals surface area contributed by atoms with Crippen LogP contribution in [-0.2, 0) is 0 Å². The van der Waals surface area contributed by atoms with Crippen LogP contribution in [0.3, 0.4) is 0 Å². The summed E-state index contributed by atoms with van der Waals surface area (Å²) >= 11 is 0. The lowest BCUT2D eigenvalue weighted by molar-refractivity contribution is 0.243. The molecule has 100 valence electrons. The van der Waals surface area contributed by atoms with Crippen molar-refractivity contribution in [2.45, 2.75) is 58.6 Å². The normalized spacial score (nSPS) is 24.0. The predicted octanol–water partition coefficient (Wildman–Crippen LogP) is 4.46. The van der Waals surface area contributed by atoms with Crippen LogP contribution in [-0.4, -0.2) is 12.1 Å². The molecule has 0 amide bonds. The van der Waals surface area contributed by atoms with Crippen LogP contribution >= 0.6 is 0 Å². The highest BCUT2D eigenvalue weighted by molar-refractivity contribution is 5.56. The van der Waals surface area contributed by atoms with Gasteiger partial charge in [-0.15, -0.1) is 0 Å². The van der Waals surface area contributed by atoms with Gasteiger partial charge in [0.2, 0.25) is 0 Å². The zero-order valence-corrected chi connectivity index (χ0v) is 11.8. The summed E-state index contributed by atoms with van der Waals surface area (Å²) in [6, 6.07) is 8.88. The van der Waals surface area contributed by atoms with Gasteiger partial charge in [-0.25, -0.2) is 0 Å². The topological polar surface area (TPSA) is 21.3 Å². The van der Waals surface area contributed by atoms with Gasteiger partial charge in [0.15, 0.2) is 0 Å². The average molecular weight is 247 g/mol. The van der Waals surface area contributed by atoms with Gasteiger partial charge in [-0.2, -0.15) is 0 Å². The minimum Gasteiger partial charge on any atom is -0.489 e. The summed E-state index contributed by atoms with van der Waals surface area (Å²) in [5.74, 6) is 1.82. The summed E-state index contributed by atoms with van der Waals surface area (Å²) in [6.07, 6.45) is 5.49. The van der Waals surface area contributed by atoms with E-state index in [4.69, 9.17) is 4.74 Å². The van der Waals surface area contributed by atoms with Gasteiger partial charge in [0.25, 0.3) is 0 Å². The molecule has 0 radical (unpaired) electrons. The van der Waals surface area contributed by atoms with Gasteiger partial charge in [0, 0.05) is 6.04 Å². The number of hydrogen-bond acceptors (Lipinski definition) is 2. The molecular weight excluding hydrogens is 222 g/mol. The summed E-state index contributed by atoms with van der Waals surface area (Å²) in [4.78, 5) is 0. The summed E-state index contributed by atoms with van der Waals surface area (Å²) < 4.78 is 5.85. The molecule has 2 nitrogen and oxygen atoms in total. The summed E-state index contributed by atoms with van der Waals surface area (Å²) in [6.45, 7) is 6.49. The Morgan fingerprint density at radius 1 is 1.22 bits per heavy atom. The third-order valence-corrected chi connectivity index (χ3v) is 3.55. The summed E-state index contributed by atoms with van der Waals surface area (Å²) in [5, 5.41) is 3.66. The van der Waals surface area contributed by atoms with E-state index in [9.17, 15) is 0 Å². The fourth-order valence-corrected chi connectivity index (χ4v) is 2.73. The molecule has 2 unspecified atom stereocenters. The standard InChI is InChI=1S/C16H25NO/c1-12(2)18-16-10-5-4-9-15(16)17-14-8-6-7-13(3)11-14/h4-5,9-10,12-14,17H,6-8,11H2,1-3H3. The Kier molecular flexibility index (Phi) is 4.51. The molecule has 1 fully saturated rings. The Morgan fingerprint density at radius 2 is 2.00 bits per heavy atom. The highest BCUT2D eigenvalue weighted by Gasteiger charge is 2.19. The first-order valence-corrected chi connectivity index (χ1v) is 7.17. The van der Waals surface area contributed by atoms with Gasteiger partial charge in [-0.1, -0.05) is 31.9 Å². The van der Waals surface area contributed by atoms with Gasteiger partial charge < -0.3 is 10.1 Å². The molecule has 2 heteroatoms. The molecule has 18 heavy (non-hydrogen) atoms. The van der Waals surface area contributed by atoms with E-state index < -0.39 is 0 Å². The van der Waals surface area contributed by atoms with Crippen molar-refractivity contribution < 1.29 is 4.74 Å². The lowest BCUT2D eigenvalue weighted by Gasteiger charge is -2.29. The highest BCUT2D eigenvalue weighted by Crippen LogP contribution is 2.30. The van der Waals surface area contributed by atoms with Crippen LogP contribution in [0.15, 0.2) is 24.3 Å². The lowest BCUT2D eigenvalue weighted by atomic mass is 9.87. The summed E-state index contributed by atoms with van der Waals surface area (Å²) in [5.41, 5.74) is 1.14. The van der Waals surface area contributed by atoms with Crippen molar-refractivity contribution in [3.05, 3.63) is 24.3 Å². The maximum atomic E-state index is 5.85. The van der Waals surface area contributed by atoms with Crippen LogP contribution < -0.4 is 10.1 Å². The van der Waals surface area contributed by atoms with E-state index in [2.05, 4.69) is 44.3 Å². The van der Waals surface area contributed by atoms with E-state index in [1.807, 2.05) is 6.07 Å². The molecule has 1 aliphatic carbocycles. The molecule has 0 bridgehead atoms. The molecule has 0 aliphatic heterocycles. The predicted molar refractivity (Wildman–Crippen MR) is 77.2 cm³/mol. The number of anilines is 1. The van der Waals surface area contributed by atoms with Gasteiger partial charge in [0.1, 0.15) is 5.75 Å². The van der Waals surface area contributed by atoms with Crippen LogP contribution in [0.25, 0.3) is 0 Å². The van der Waals surface area contributed by atoms with E-state index in [0.29, 0.717) is 6.04 Å². The average Bonchev–Trinajstić information content (AvgIpc) is 2.31. The second-order valence-electron chi connectivity index (χ2n) is 5.78. The smallest absolute Gasteiger partial charge is 0.142 e. The number of nitrogens with one attached hydrogen (secondary N) is 1. The van der Waals surface area contributed by atoms with Crippen molar-refractivity contribution >= 4 is 5.69 Å². The van der Waals surface area contributed by atoms with Crippen LogP contribution in [0.1, 0.15) is 46.5 Å². The van der Waals surface area contributed by atoms with Crippen molar-refractivity contribution in [2.75, 3.05) is 5.32 Å². The molecule has 1 aliphatic rings. The molecular formula is C16H25NO. The third kappa shape index (κ3) is 3.66. The largest absolute Gasteiger partial charge is 0.489 e. The molecule has 0 heterocycles. The van der Waals surface area contributed by atoms with Crippen LogP contribution in [0.5, 0.6) is 5.75 Å². The fourth-order valence-electron chi connectivity index (χ4n) is 2.73. The molecule has 2 rings (SSSR count). The van der Waals surface area contributed by atoms with Gasteiger partial charge in [-0.3, -0.25) is 0 Å². The van der Waals surface area contributed by atoms with Gasteiger partial charge in [0.05, 0.1) is 11.8 Å². The zero-order chi connectivity index (χ0) is 13.0. The number of benzene rings is 1. The lowest BCUT2D eigenvalue weighted by Crippen LogP contribution is -2.26. The van der Waals surface area contributed by atoms with Crippen molar-refractivity contribution in [2.24, 2.45) is 5.92 Å². The Bertz CT molecular complexity index is 375. The number of rotatable bonds is 4. The molecule has 2 atom stereocenters. The molecule has 0 spiro atoms. The Labute approximate surface area is 111 Å². The minimum absolute atomic E-state index is 0.221. The molecule has 0 aromatic heterocycles. The van der Waals surface area contributed by atoms with E-state index in [-0.39, 0.29) is 6.10 Å². The zero-order valence-electron chi connectivity index (χ0n) is 11.8. The minimum atomic E-state index is 0.221. The second kappa shape index (κ2) is 6.12. The van der Waals surface area contributed by atoms with E-state index >= 15 is 0 Å². The SMILES string of the molecule is CC1CCCC(Nc2ccccc2OC(C)C)C1. The Morgan fingerprint density at radius 3 is 2.72 bits per heavy atom. The first-order chi connectivity index (χ1) is 8.65. The first kappa shape index (κ1) is 13.3. The molecule has 1 N–H and O–H groups in total. The van der Waals surface area contributed by atoms with Crippen molar-refractivity contribution in [3.63, 3.8) is 0 Å². The van der Waals surface area contributed by atoms with E-state index in [0.717, 1.165) is 17.4 Å². The first-order valence-electron chi connectivity index (χ1n) is 7.17. The second-order valence-corrected chi connectivity index (χ2v) is 5.78. The molecule has 1 aromatic carbocycles.